The number of H-pyrrole nitrogens is 1. The standard InChI is InChI=1S/C10H16N6S2/c1-7-13-5-8(14-7)6-17-4-3-12-10-9(11-2)15-18-16-10/h5H,3-4,6H2,1-2H3,(H,11,15)(H,12,16)(H,13,14). The Hall–Kier alpha value is -1.28. The van der Waals surface area contributed by atoms with Gasteiger partial charge in [-0.15, -0.1) is 0 Å². The molecule has 0 radical (unpaired) electrons. The molecule has 3 N–H and O–H groups in total. The Morgan fingerprint density at radius 1 is 1.39 bits per heavy atom. The molecule has 0 saturated heterocycles. The van der Waals surface area contributed by atoms with E-state index >= 15 is 0 Å². The molecule has 0 aliphatic carbocycles. The third-order valence-electron chi connectivity index (χ3n) is 2.28. The van der Waals surface area contributed by atoms with Gasteiger partial charge < -0.3 is 15.6 Å². The summed E-state index contributed by atoms with van der Waals surface area (Å²) < 4.78 is 8.30. The molecule has 2 rings (SSSR count). The van der Waals surface area contributed by atoms with Gasteiger partial charge in [-0.3, -0.25) is 0 Å². The quantitative estimate of drug-likeness (QED) is 0.675. The van der Waals surface area contributed by atoms with Gasteiger partial charge in [-0.2, -0.15) is 20.5 Å². The zero-order chi connectivity index (χ0) is 12.8. The van der Waals surface area contributed by atoms with Crippen LogP contribution in [0.2, 0.25) is 0 Å². The van der Waals surface area contributed by atoms with Gasteiger partial charge >= 0.3 is 0 Å². The van der Waals surface area contributed by atoms with Gasteiger partial charge in [0.05, 0.1) is 11.7 Å². The van der Waals surface area contributed by atoms with Crippen LogP contribution in [-0.4, -0.2) is 38.1 Å². The number of aromatic amines is 1. The van der Waals surface area contributed by atoms with Crippen molar-refractivity contribution < 1.29 is 0 Å². The Bertz CT molecular complexity index is 480. The van der Waals surface area contributed by atoms with E-state index in [9.17, 15) is 0 Å². The number of rotatable bonds is 7. The summed E-state index contributed by atoms with van der Waals surface area (Å²) >= 11 is 3.07. The minimum atomic E-state index is 0.814. The van der Waals surface area contributed by atoms with Crippen LogP contribution in [0.3, 0.4) is 0 Å². The second kappa shape index (κ2) is 6.60. The molecular formula is C10H16N6S2. The lowest BCUT2D eigenvalue weighted by atomic mass is 10.6. The van der Waals surface area contributed by atoms with E-state index < -0.39 is 0 Å². The van der Waals surface area contributed by atoms with Crippen LogP contribution in [0.25, 0.3) is 0 Å². The van der Waals surface area contributed by atoms with E-state index in [1.807, 2.05) is 31.9 Å². The summed E-state index contributed by atoms with van der Waals surface area (Å²) in [6.07, 6.45) is 1.89. The molecule has 0 amide bonds. The zero-order valence-corrected chi connectivity index (χ0v) is 12.0. The number of hydrogen-bond acceptors (Lipinski definition) is 7. The van der Waals surface area contributed by atoms with Crippen molar-refractivity contribution in [3.63, 3.8) is 0 Å². The van der Waals surface area contributed by atoms with Crippen LogP contribution >= 0.6 is 23.5 Å². The van der Waals surface area contributed by atoms with Crippen molar-refractivity contribution in [3.05, 3.63) is 17.7 Å². The third kappa shape index (κ3) is 3.61. The van der Waals surface area contributed by atoms with Gasteiger partial charge in [0.1, 0.15) is 5.82 Å². The normalized spacial score (nSPS) is 10.6. The molecule has 2 heterocycles. The summed E-state index contributed by atoms with van der Waals surface area (Å²) in [5.74, 6) is 4.58. The van der Waals surface area contributed by atoms with Crippen molar-refractivity contribution in [1.29, 1.82) is 0 Å². The lowest BCUT2D eigenvalue weighted by Crippen LogP contribution is -2.06. The van der Waals surface area contributed by atoms with Crippen molar-refractivity contribution in [2.75, 3.05) is 30.0 Å². The molecule has 18 heavy (non-hydrogen) atoms. The monoisotopic (exact) mass is 284 g/mol. The summed E-state index contributed by atoms with van der Waals surface area (Å²) in [6, 6.07) is 0. The molecule has 98 valence electrons. The number of hydrogen-bond donors (Lipinski definition) is 3. The van der Waals surface area contributed by atoms with Gasteiger partial charge in [-0.05, 0) is 6.92 Å². The first-order valence-corrected chi connectivity index (χ1v) is 7.50. The van der Waals surface area contributed by atoms with E-state index in [-0.39, 0.29) is 0 Å². The highest BCUT2D eigenvalue weighted by Gasteiger charge is 2.04. The molecule has 6 nitrogen and oxygen atoms in total. The number of aromatic nitrogens is 4. The highest BCUT2D eigenvalue weighted by atomic mass is 32.2. The van der Waals surface area contributed by atoms with Gasteiger partial charge in [-0.1, -0.05) is 0 Å². The van der Waals surface area contributed by atoms with Gasteiger partial charge in [0.2, 0.25) is 0 Å². The van der Waals surface area contributed by atoms with Crippen molar-refractivity contribution in [3.8, 4) is 0 Å². The molecule has 0 aromatic carbocycles. The van der Waals surface area contributed by atoms with Crippen LogP contribution in [0.5, 0.6) is 0 Å². The number of aryl methyl sites for hydroxylation is 1. The predicted octanol–water partition coefficient (Wildman–Crippen LogP) is 1.96. The predicted molar refractivity (Wildman–Crippen MR) is 77.4 cm³/mol. The van der Waals surface area contributed by atoms with Crippen molar-refractivity contribution in [2.24, 2.45) is 0 Å². The number of nitrogens with zero attached hydrogens (tertiary/aromatic N) is 3. The smallest absolute Gasteiger partial charge is 0.184 e. The minimum absolute atomic E-state index is 0.814. The summed E-state index contributed by atoms with van der Waals surface area (Å²) in [5, 5.41) is 6.26. The van der Waals surface area contributed by atoms with E-state index in [1.54, 1.807) is 0 Å². The third-order valence-corrected chi connectivity index (χ3v) is 3.81. The summed E-state index contributed by atoms with van der Waals surface area (Å²) in [6.45, 7) is 2.84. The van der Waals surface area contributed by atoms with E-state index in [4.69, 9.17) is 0 Å². The van der Waals surface area contributed by atoms with E-state index in [0.29, 0.717) is 0 Å². The minimum Gasteiger partial charge on any atom is -0.369 e. The van der Waals surface area contributed by atoms with Gasteiger partial charge in [-0.25, -0.2) is 4.98 Å². The molecule has 0 spiro atoms. The van der Waals surface area contributed by atoms with Gasteiger partial charge in [0.25, 0.3) is 0 Å². The van der Waals surface area contributed by atoms with E-state index in [2.05, 4.69) is 29.3 Å². The van der Waals surface area contributed by atoms with Gasteiger partial charge in [0.15, 0.2) is 11.6 Å². The Kier molecular flexibility index (Phi) is 4.82. The molecule has 0 saturated carbocycles. The van der Waals surface area contributed by atoms with Crippen molar-refractivity contribution in [1.82, 2.24) is 18.7 Å². The molecular weight excluding hydrogens is 268 g/mol. The average Bonchev–Trinajstić information content (AvgIpc) is 2.97. The summed E-state index contributed by atoms with van der Waals surface area (Å²) in [7, 11) is 1.84. The Morgan fingerprint density at radius 3 is 2.94 bits per heavy atom. The van der Waals surface area contributed by atoms with Crippen LogP contribution < -0.4 is 10.6 Å². The molecule has 0 aliphatic heterocycles. The Balaban J connectivity index is 1.64. The SMILES string of the molecule is CNc1nsnc1NCCSCc1cnc(C)[nH]1. The molecule has 2 aromatic heterocycles. The number of thioether (sulfide) groups is 1. The Labute approximate surface area is 114 Å². The Morgan fingerprint density at radius 2 is 2.22 bits per heavy atom. The maximum Gasteiger partial charge on any atom is 0.184 e. The average molecular weight is 284 g/mol. The maximum atomic E-state index is 4.18. The molecule has 0 atom stereocenters. The molecule has 0 bridgehead atoms. The van der Waals surface area contributed by atoms with Crippen LogP contribution in [0.4, 0.5) is 11.6 Å². The first-order chi connectivity index (χ1) is 8.79. The largest absolute Gasteiger partial charge is 0.369 e. The zero-order valence-electron chi connectivity index (χ0n) is 10.4. The van der Waals surface area contributed by atoms with Gasteiger partial charge in [0, 0.05) is 37.0 Å². The second-order valence-electron chi connectivity index (χ2n) is 3.68. The lowest BCUT2D eigenvalue weighted by Gasteiger charge is -2.04. The fraction of sp³-hybridized carbons (Fsp3) is 0.500. The van der Waals surface area contributed by atoms with Crippen molar-refractivity contribution >= 4 is 35.1 Å². The number of anilines is 2. The van der Waals surface area contributed by atoms with Crippen molar-refractivity contribution in [2.45, 2.75) is 12.7 Å². The fourth-order valence-electron chi connectivity index (χ4n) is 1.44. The van der Waals surface area contributed by atoms with E-state index in [0.717, 1.165) is 35.5 Å². The topological polar surface area (TPSA) is 78.5 Å². The van der Waals surface area contributed by atoms with E-state index in [1.165, 1.54) is 17.4 Å². The highest BCUT2D eigenvalue weighted by Crippen LogP contribution is 2.17. The highest BCUT2D eigenvalue weighted by molar-refractivity contribution is 7.98. The summed E-state index contributed by atoms with van der Waals surface area (Å²) in [4.78, 5) is 7.38. The lowest BCUT2D eigenvalue weighted by molar-refractivity contribution is 1.12. The number of nitrogens with one attached hydrogen (secondary N) is 3. The van der Waals surface area contributed by atoms with Crippen LogP contribution in [0.15, 0.2) is 6.20 Å². The molecule has 0 fully saturated rings. The van der Waals surface area contributed by atoms with Crippen LogP contribution in [-0.2, 0) is 5.75 Å². The number of imidazole rings is 1. The molecule has 8 heteroatoms. The molecule has 0 aliphatic rings. The first kappa shape index (κ1) is 13.2. The first-order valence-electron chi connectivity index (χ1n) is 5.62. The maximum absolute atomic E-state index is 4.18. The van der Waals surface area contributed by atoms with Crippen LogP contribution in [0.1, 0.15) is 11.5 Å². The summed E-state index contributed by atoms with van der Waals surface area (Å²) in [5.41, 5.74) is 1.17. The molecule has 0 unspecified atom stereocenters. The van der Waals surface area contributed by atoms with Crippen LogP contribution in [0, 0.1) is 6.92 Å². The fourth-order valence-corrected chi connectivity index (χ4v) is 2.73. The molecule has 2 aromatic rings. The second-order valence-corrected chi connectivity index (χ2v) is 5.32.